The second-order valence-electron chi connectivity index (χ2n) is 5.19. The molecule has 1 heterocycles. The summed E-state index contributed by atoms with van der Waals surface area (Å²) in [5.74, 6) is 1.49. The van der Waals surface area contributed by atoms with Gasteiger partial charge in [0, 0.05) is 18.5 Å². The van der Waals surface area contributed by atoms with Crippen LogP contribution in [0.1, 0.15) is 55.6 Å². The van der Waals surface area contributed by atoms with Crippen molar-refractivity contribution in [3.05, 3.63) is 22.8 Å². The highest BCUT2D eigenvalue weighted by molar-refractivity contribution is 5.27. The Morgan fingerprint density at radius 3 is 2.16 bits per heavy atom. The number of aryl methyl sites for hydroxylation is 2. The fourth-order valence-electron chi connectivity index (χ4n) is 2.66. The first-order chi connectivity index (χ1) is 9.24. The van der Waals surface area contributed by atoms with Crippen molar-refractivity contribution in [3.8, 4) is 0 Å². The quantitative estimate of drug-likeness (QED) is 0.819. The SMILES string of the molecule is CCc1nc(C(OC)C2CC2)nc(CC)c1CCN. The normalized spacial score (nSPS) is 16.6. The zero-order chi connectivity index (χ0) is 13.8. The van der Waals surface area contributed by atoms with E-state index in [1.807, 2.05) is 0 Å². The molecule has 1 fully saturated rings. The standard InChI is InChI=1S/C15H25N3O/c1-4-12-11(8-9-16)13(5-2)18-15(17-12)14(19-3)10-6-7-10/h10,14H,4-9,16H2,1-3H3. The minimum atomic E-state index is 0.0718. The van der Waals surface area contributed by atoms with Gasteiger partial charge in [0.25, 0.3) is 0 Å². The summed E-state index contributed by atoms with van der Waals surface area (Å²) < 4.78 is 5.61. The van der Waals surface area contributed by atoms with E-state index >= 15 is 0 Å². The third-order valence-corrected chi connectivity index (χ3v) is 3.82. The molecule has 1 aromatic rings. The summed E-state index contributed by atoms with van der Waals surface area (Å²) >= 11 is 0. The molecule has 1 saturated carbocycles. The van der Waals surface area contributed by atoms with Crippen LogP contribution in [0.5, 0.6) is 0 Å². The van der Waals surface area contributed by atoms with E-state index in [4.69, 9.17) is 20.4 Å². The van der Waals surface area contributed by atoms with E-state index in [-0.39, 0.29) is 6.10 Å². The van der Waals surface area contributed by atoms with E-state index in [1.165, 1.54) is 18.4 Å². The van der Waals surface area contributed by atoms with Crippen LogP contribution in [0, 0.1) is 5.92 Å². The number of hydrogen-bond donors (Lipinski definition) is 1. The molecule has 2 rings (SSSR count). The van der Waals surface area contributed by atoms with Crippen LogP contribution in [-0.2, 0) is 24.0 Å². The number of hydrogen-bond acceptors (Lipinski definition) is 4. The zero-order valence-corrected chi connectivity index (χ0v) is 12.3. The van der Waals surface area contributed by atoms with Gasteiger partial charge in [-0.15, -0.1) is 0 Å². The molecule has 1 aliphatic carbocycles. The molecule has 1 atom stereocenters. The van der Waals surface area contributed by atoms with Crippen molar-refractivity contribution in [3.63, 3.8) is 0 Å². The Balaban J connectivity index is 2.39. The molecule has 0 aromatic carbocycles. The number of nitrogens with zero attached hydrogens (tertiary/aromatic N) is 2. The second-order valence-corrected chi connectivity index (χ2v) is 5.19. The van der Waals surface area contributed by atoms with E-state index < -0.39 is 0 Å². The fourth-order valence-corrected chi connectivity index (χ4v) is 2.66. The first-order valence-corrected chi connectivity index (χ1v) is 7.36. The van der Waals surface area contributed by atoms with E-state index in [1.54, 1.807) is 7.11 Å². The lowest BCUT2D eigenvalue weighted by Crippen LogP contribution is -2.17. The average Bonchev–Trinajstić information content (AvgIpc) is 3.25. The van der Waals surface area contributed by atoms with Gasteiger partial charge >= 0.3 is 0 Å². The maximum atomic E-state index is 5.71. The van der Waals surface area contributed by atoms with Crippen LogP contribution >= 0.6 is 0 Å². The molecule has 1 aliphatic rings. The highest BCUT2D eigenvalue weighted by Gasteiger charge is 2.35. The van der Waals surface area contributed by atoms with Crippen LogP contribution in [0.3, 0.4) is 0 Å². The molecule has 106 valence electrons. The lowest BCUT2D eigenvalue weighted by atomic mass is 10.0. The van der Waals surface area contributed by atoms with Crippen molar-refractivity contribution >= 4 is 0 Å². The maximum Gasteiger partial charge on any atom is 0.157 e. The van der Waals surface area contributed by atoms with Crippen LogP contribution in [0.15, 0.2) is 0 Å². The largest absolute Gasteiger partial charge is 0.373 e. The molecule has 1 aromatic heterocycles. The van der Waals surface area contributed by atoms with Gasteiger partial charge in [0.1, 0.15) is 6.10 Å². The van der Waals surface area contributed by atoms with Gasteiger partial charge in [-0.05, 0) is 50.1 Å². The average molecular weight is 263 g/mol. The van der Waals surface area contributed by atoms with Crippen molar-refractivity contribution < 1.29 is 4.74 Å². The van der Waals surface area contributed by atoms with Crippen molar-refractivity contribution in [2.75, 3.05) is 13.7 Å². The highest BCUT2D eigenvalue weighted by Crippen LogP contribution is 2.42. The van der Waals surface area contributed by atoms with Gasteiger partial charge in [-0.2, -0.15) is 0 Å². The maximum absolute atomic E-state index is 5.71. The molecule has 4 nitrogen and oxygen atoms in total. The van der Waals surface area contributed by atoms with Gasteiger partial charge in [-0.3, -0.25) is 0 Å². The van der Waals surface area contributed by atoms with E-state index in [2.05, 4.69) is 13.8 Å². The lowest BCUT2D eigenvalue weighted by molar-refractivity contribution is 0.0767. The van der Waals surface area contributed by atoms with Crippen LogP contribution in [0.4, 0.5) is 0 Å². The third-order valence-electron chi connectivity index (χ3n) is 3.82. The summed E-state index contributed by atoms with van der Waals surface area (Å²) in [6, 6.07) is 0. The van der Waals surface area contributed by atoms with Crippen molar-refractivity contribution in [2.24, 2.45) is 11.7 Å². The van der Waals surface area contributed by atoms with Gasteiger partial charge in [-0.25, -0.2) is 9.97 Å². The topological polar surface area (TPSA) is 61.0 Å². The molecule has 0 aliphatic heterocycles. The number of aromatic nitrogens is 2. The number of rotatable bonds is 7. The van der Waals surface area contributed by atoms with Gasteiger partial charge in [0.2, 0.25) is 0 Å². The Bertz CT molecular complexity index is 404. The fraction of sp³-hybridized carbons (Fsp3) is 0.733. The number of nitrogens with two attached hydrogens (primary N) is 1. The minimum Gasteiger partial charge on any atom is -0.373 e. The van der Waals surface area contributed by atoms with Crippen LogP contribution < -0.4 is 5.73 Å². The molecule has 0 amide bonds. The summed E-state index contributed by atoms with van der Waals surface area (Å²) in [7, 11) is 1.76. The first-order valence-electron chi connectivity index (χ1n) is 7.36. The second kappa shape index (κ2) is 6.44. The Hall–Kier alpha value is -1.00. The van der Waals surface area contributed by atoms with Crippen molar-refractivity contribution in [2.45, 2.75) is 52.1 Å². The van der Waals surface area contributed by atoms with E-state index in [0.717, 1.165) is 36.5 Å². The van der Waals surface area contributed by atoms with Gasteiger partial charge in [-0.1, -0.05) is 13.8 Å². The molecule has 0 radical (unpaired) electrons. The molecule has 0 spiro atoms. The summed E-state index contributed by atoms with van der Waals surface area (Å²) in [6.07, 6.45) is 5.26. The molecule has 4 heteroatoms. The third kappa shape index (κ3) is 3.12. The van der Waals surface area contributed by atoms with Crippen molar-refractivity contribution in [1.82, 2.24) is 9.97 Å². The highest BCUT2D eigenvalue weighted by atomic mass is 16.5. The van der Waals surface area contributed by atoms with E-state index in [0.29, 0.717) is 12.5 Å². The summed E-state index contributed by atoms with van der Waals surface area (Å²) in [4.78, 5) is 9.52. The molecular weight excluding hydrogens is 238 g/mol. The summed E-state index contributed by atoms with van der Waals surface area (Å²) in [5.41, 5.74) is 9.26. The minimum absolute atomic E-state index is 0.0718. The van der Waals surface area contributed by atoms with Gasteiger partial charge < -0.3 is 10.5 Å². The Morgan fingerprint density at radius 1 is 1.21 bits per heavy atom. The molecule has 19 heavy (non-hydrogen) atoms. The predicted octanol–water partition coefficient (Wildman–Crippen LogP) is 2.20. The Kier molecular flexibility index (Phi) is 4.88. The Labute approximate surface area is 115 Å². The molecule has 1 unspecified atom stereocenters. The van der Waals surface area contributed by atoms with Crippen LogP contribution in [0.2, 0.25) is 0 Å². The van der Waals surface area contributed by atoms with Gasteiger partial charge in [0.15, 0.2) is 5.82 Å². The number of ether oxygens (including phenoxy) is 1. The molecule has 2 N–H and O–H groups in total. The zero-order valence-electron chi connectivity index (χ0n) is 12.3. The first kappa shape index (κ1) is 14.4. The smallest absolute Gasteiger partial charge is 0.157 e. The van der Waals surface area contributed by atoms with Crippen LogP contribution in [-0.4, -0.2) is 23.6 Å². The number of methoxy groups -OCH3 is 1. The monoisotopic (exact) mass is 263 g/mol. The molecule has 0 bridgehead atoms. The van der Waals surface area contributed by atoms with Gasteiger partial charge in [0.05, 0.1) is 0 Å². The van der Waals surface area contributed by atoms with Crippen LogP contribution in [0.25, 0.3) is 0 Å². The summed E-state index contributed by atoms with van der Waals surface area (Å²) in [5, 5.41) is 0. The lowest BCUT2D eigenvalue weighted by Gasteiger charge is -2.18. The Morgan fingerprint density at radius 2 is 1.79 bits per heavy atom. The van der Waals surface area contributed by atoms with E-state index in [9.17, 15) is 0 Å². The molecule has 0 saturated heterocycles. The predicted molar refractivity (Wildman–Crippen MR) is 76.0 cm³/mol. The van der Waals surface area contributed by atoms with Crippen molar-refractivity contribution in [1.29, 1.82) is 0 Å². The molecular formula is C15H25N3O. The summed E-state index contributed by atoms with van der Waals surface area (Å²) in [6.45, 7) is 4.94.